The van der Waals surface area contributed by atoms with Crippen LogP contribution in [0.3, 0.4) is 0 Å². The first-order valence-corrected chi connectivity index (χ1v) is 6.56. The minimum atomic E-state index is -0.119. The largest absolute Gasteiger partial charge is 0.332 e. The van der Waals surface area contributed by atoms with E-state index in [1.54, 1.807) is 9.80 Å². The smallest absolute Gasteiger partial charge is 0.242 e. The Balaban J connectivity index is 2.60. The van der Waals surface area contributed by atoms with Crippen molar-refractivity contribution in [3.63, 3.8) is 0 Å². The number of rotatable bonds is 4. The van der Waals surface area contributed by atoms with Gasteiger partial charge in [-0.2, -0.15) is 0 Å². The van der Waals surface area contributed by atoms with Crippen molar-refractivity contribution < 1.29 is 9.59 Å². The quantitative estimate of drug-likeness (QED) is 0.792. The fourth-order valence-electron chi connectivity index (χ4n) is 1.85. The second-order valence-electron chi connectivity index (χ2n) is 6.06. The summed E-state index contributed by atoms with van der Waals surface area (Å²) in [6.07, 6.45) is 0.876. The molecule has 0 radical (unpaired) electrons. The van der Waals surface area contributed by atoms with Crippen LogP contribution in [0.5, 0.6) is 0 Å². The van der Waals surface area contributed by atoms with Gasteiger partial charge < -0.3 is 15.5 Å². The van der Waals surface area contributed by atoms with Gasteiger partial charge in [-0.15, -0.1) is 0 Å². The predicted molar refractivity (Wildman–Crippen MR) is 70.9 cm³/mol. The van der Waals surface area contributed by atoms with Gasteiger partial charge in [-0.3, -0.25) is 9.59 Å². The third-order valence-corrected chi connectivity index (χ3v) is 3.38. The third-order valence-electron chi connectivity index (χ3n) is 3.38. The molecule has 1 heterocycles. The molecule has 0 spiro atoms. The molecule has 1 aliphatic rings. The topological polar surface area (TPSA) is 66.6 Å². The molecule has 1 atom stereocenters. The van der Waals surface area contributed by atoms with Crippen LogP contribution in [0.1, 0.15) is 34.1 Å². The predicted octanol–water partition coefficient (Wildman–Crippen LogP) is 0.441. The van der Waals surface area contributed by atoms with Crippen LogP contribution in [0.2, 0.25) is 0 Å². The monoisotopic (exact) mass is 255 g/mol. The first-order valence-electron chi connectivity index (χ1n) is 6.56. The zero-order valence-corrected chi connectivity index (χ0v) is 11.9. The van der Waals surface area contributed by atoms with Crippen LogP contribution in [0, 0.1) is 5.41 Å². The van der Waals surface area contributed by atoms with Crippen molar-refractivity contribution in [2.24, 2.45) is 11.1 Å². The van der Waals surface area contributed by atoms with E-state index in [4.69, 9.17) is 5.73 Å². The summed E-state index contributed by atoms with van der Waals surface area (Å²) in [5, 5.41) is 0. The van der Waals surface area contributed by atoms with Crippen LogP contribution in [0.15, 0.2) is 0 Å². The Hall–Kier alpha value is -1.10. The molecule has 0 aromatic carbocycles. The van der Waals surface area contributed by atoms with Gasteiger partial charge in [0.2, 0.25) is 11.8 Å². The van der Waals surface area contributed by atoms with E-state index in [-0.39, 0.29) is 36.4 Å². The molecule has 0 aromatic heterocycles. The van der Waals surface area contributed by atoms with E-state index in [1.807, 2.05) is 27.7 Å². The molecule has 1 saturated heterocycles. The normalized spacial score (nSPS) is 19.4. The first-order chi connectivity index (χ1) is 8.25. The zero-order chi connectivity index (χ0) is 13.9. The van der Waals surface area contributed by atoms with E-state index >= 15 is 0 Å². The van der Waals surface area contributed by atoms with E-state index in [0.29, 0.717) is 13.1 Å². The minimum Gasteiger partial charge on any atom is -0.332 e. The lowest BCUT2D eigenvalue weighted by molar-refractivity contribution is -0.150. The lowest BCUT2D eigenvalue weighted by atomic mass is 9.87. The highest BCUT2D eigenvalue weighted by molar-refractivity contribution is 5.92. The fourth-order valence-corrected chi connectivity index (χ4v) is 1.85. The molecule has 0 aliphatic carbocycles. The van der Waals surface area contributed by atoms with Gasteiger partial charge in [0.1, 0.15) is 0 Å². The molecular formula is C13H25N3O2. The average Bonchev–Trinajstić information content (AvgIpc) is 2.24. The molecule has 2 amide bonds. The van der Waals surface area contributed by atoms with E-state index in [0.717, 1.165) is 6.42 Å². The number of hydrogen-bond acceptors (Lipinski definition) is 3. The Morgan fingerprint density at radius 3 is 2.17 bits per heavy atom. The molecule has 1 rings (SSSR count). The van der Waals surface area contributed by atoms with Gasteiger partial charge in [0.15, 0.2) is 0 Å². The molecule has 5 heteroatoms. The van der Waals surface area contributed by atoms with Crippen molar-refractivity contribution in [3.05, 3.63) is 0 Å². The number of piperazine rings is 1. The number of nitrogens with zero attached hydrogens (tertiary/aromatic N) is 2. The fraction of sp³-hybridized carbons (Fsp3) is 0.846. The van der Waals surface area contributed by atoms with E-state index in [2.05, 4.69) is 0 Å². The van der Waals surface area contributed by atoms with Crippen molar-refractivity contribution in [1.29, 1.82) is 0 Å². The molecule has 2 N–H and O–H groups in total. The molecule has 0 bridgehead atoms. The van der Waals surface area contributed by atoms with Gasteiger partial charge >= 0.3 is 0 Å². The highest BCUT2D eigenvalue weighted by Crippen LogP contribution is 2.19. The number of hydrogen-bond donors (Lipinski definition) is 1. The standard InChI is InChI=1S/C13H25N3O2/c1-5-6-15-8-12(18)16(9-11(15)17)7-10(14)13(2,3)4/h10H,5-9,14H2,1-4H3. The summed E-state index contributed by atoms with van der Waals surface area (Å²) in [7, 11) is 0. The number of carbonyl (C=O) groups is 2. The van der Waals surface area contributed by atoms with Gasteiger partial charge in [-0.25, -0.2) is 0 Å². The van der Waals surface area contributed by atoms with Gasteiger partial charge in [0.25, 0.3) is 0 Å². The van der Waals surface area contributed by atoms with Gasteiger partial charge in [-0.05, 0) is 11.8 Å². The molecule has 0 aromatic rings. The Labute approximate surface area is 109 Å². The number of carbonyl (C=O) groups excluding carboxylic acids is 2. The van der Waals surface area contributed by atoms with Crippen LogP contribution >= 0.6 is 0 Å². The average molecular weight is 255 g/mol. The summed E-state index contributed by atoms with van der Waals surface area (Å²) in [4.78, 5) is 27.0. The summed E-state index contributed by atoms with van der Waals surface area (Å²) in [5.74, 6) is 0.0281. The summed E-state index contributed by atoms with van der Waals surface area (Å²) < 4.78 is 0. The lowest BCUT2D eigenvalue weighted by Crippen LogP contribution is -2.57. The minimum absolute atomic E-state index is 0.00255. The molecule has 1 unspecified atom stereocenters. The van der Waals surface area contributed by atoms with E-state index < -0.39 is 0 Å². The maximum absolute atomic E-state index is 12.0. The Morgan fingerprint density at radius 1 is 1.17 bits per heavy atom. The van der Waals surface area contributed by atoms with Gasteiger partial charge in [0, 0.05) is 19.1 Å². The van der Waals surface area contributed by atoms with Crippen molar-refractivity contribution in [1.82, 2.24) is 9.80 Å². The molecule has 0 saturated carbocycles. The highest BCUT2D eigenvalue weighted by Gasteiger charge is 2.32. The summed E-state index contributed by atoms with van der Waals surface area (Å²) in [5.41, 5.74) is 6.00. The summed E-state index contributed by atoms with van der Waals surface area (Å²) >= 11 is 0. The molecule has 104 valence electrons. The van der Waals surface area contributed by atoms with Crippen molar-refractivity contribution in [3.8, 4) is 0 Å². The Kier molecular flexibility index (Phi) is 4.73. The van der Waals surface area contributed by atoms with Crippen LogP contribution < -0.4 is 5.73 Å². The number of nitrogens with two attached hydrogens (primary N) is 1. The van der Waals surface area contributed by atoms with Crippen LogP contribution in [0.4, 0.5) is 0 Å². The zero-order valence-electron chi connectivity index (χ0n) is 11.9. The van der Waals surface area contributed by atoms with E-state index in [1.165, 1.54) is 0 Å². The molecule has 5 nitrogen and oxygen atoms in total. The Morgan fingerprint density at radius 2 is 1.67 bits per heavy atom. The molecule has 1 fully saturated rings. The lowest BCUT2D eigenvalue weighted by Gasteiger charge is -2.37. The van der Waals surface area contributed by atoms with Crippen molar-refractivity contribution in [2.45, 2.75) is 40.2 Å². The maximum Gasteiger partial charge on any atom is 0.242 e. The van der Waals surface area contributed by atoms with Gasteiger partial charge in [-0.1, -0.05) is 27.7 Å². The SMILES string of the molecule is CCCN1CC(=O)N(CC(N)C(C)(C)C)CC1=O. The highest BCUT2D eigenvalue weighted by atomic mass is 16.2. The first kappa shape index (κ1) is 15.0. The van der Waals surface area contributed by atoms with Crippen LogP contribution in [-0.4, -0.2) is 53.8 Å². The molecular weight excluding hydrogens is 230 g/mol. The summed E-state index contributed by atoms with van der Waals surface area (Å²) in [6.45, 7) is 9.59. The second kappa shape index (κ2) is 5.69. The van der Waals surface area contributed by atoms with Crippen molar-refractivity contribution in [2.75, 3.05) is 26.2 Å². The number of amides is 2. The van der Waals surface area contributed by atoms with E-state index in [9.17, 15) is 9.59 Å². The Bertz CT molecular complexity index is 323. The molecule has 18 heavy (non-hydrogen) atoms. The maximum atomic E-state index is 12.0. The van der Waals surface area contributed by atoms with Crippen molar-refractivity contribution >= 4 is 11.8 Å². The summed E-state index contributed by atoms with van der Waals surface area (Å²) in [6, 6.07) is -0.119. The third kappa shape index (κ3) is 3.70. The van der Waals surface area contributed by atoms with Crippen LogP contribution in [-0.2, 0) is 9.59 Å². The molecule has 1 aliphatic heterocycles. The van der Waals surface area contributed by atoms with Crippen LogP contribution in [0.25, 0.3) is 0 Å². The van der Waals surface area contributed by atoms with Gasteiger partial charge in [0.05, 0.1) is 13.1 Å². The second-order valence-corrected chi connectivity index (χ2v) is 6.06.